The average molecular weight is 619 g/mol. The van der Waals surface area contributed by atoms with Crippen molar-refractivity contribution >= 4 is 42.4 Å². The van der Waals surface area contributed by atoms with Crippen molar-refractivity contribution in [2.45, 2.75) is 0 Å². The van der Waals surface area contributed by atoms with Crippen LogP contribution in [0.15, 0.2) is 158 Å². The molecule has 3 heterocycles. The van der Waals surface area contributed by atoms with Crippen LogP contribution in [0.3, 0.4) is 0 Å². The first-order valence-electron chi connectivity index (χ1n) is 15.6. The SMILES string of the molecule is c1ccc(-c2ccc3c(c2)nc(-c2cccc(-c4nc(-c5ccccc5)nc(-c5ccccc5)n4)c2)c2c4ccccc4sc32)cc1. The number of hydrogen-bond acceptors (Lipinski definition) is 5. The lowest BCUT2D eigenvalue weighted by Crippen LogP contribution is -2.00. The van der Waals surface area contributed by atoms with E-state index in [2.05, 4.69) is 91.0 Å². The van der Waals surface area contributed by atoms with Crippen LogP contribution >= 0.6 is 11.3 Å². The minimum atomic E-state index is 0.623. The lowest BCUT2D eigenvalue weighted by atomic mass is 9.99. The van der Waals surface area contributed by atoms with Crippen molar-refractivity contribution in [2.75, 3.05) is 0 Å². The molecule has 0 radical (unpaired) electrons. The van der Waals surface area contributed by atoms with Gasteiger partial charge in [-0.25, -0.2) is 19.9 Å². The van der Waals surface area contributed by atoms with Gasteiger partial charge in [-0.15, -0.1) is 11.3 Å². The van der Waals surface area contributed by atoms with Gasteiger partial charge in [-0.1, -0.05) is 140 Å². The second-order valence-electron chi connectivity index (χ2n) is 11.5. The molecule has 9 aromatic rings. The Hall–Kier alpha value is -6.04. The topological polar surface area (TPSA) is 51.6 Å². The number of benzene rings is 6. The zero-order chi connectivity index (χ0) is 31.2. The Bertz CT molecular complexity index is 2500. The predicted octanol–water partition coefficient (Wildman–Crippen LogP) is 11.1. The minimum absolute atomic E-state index is 0.623. The molecule has 3 aromatic heterocycles. The van der Waals surface area contributed by atoms with Gasteiger partial charge in [0.25, 0.3) is 0 Å². The fraction of sp³-hybridized carbons (Fsp3) is 0. The van der Waals surface area contributed by atoms with Crippen molar-refractivity contribution in [3.63, 3.8) is 0 Å². The quantitative estimate of drug-likeness (QED) is 0.193. The van der Waals surface area contributed by atoms with E-state index in [0.717, 1.165) is 39.0 Å². The Morgan fingerprint density at radius 2 is 0.915 bits per heavy atom. The molecule has 0 atom stereocenters. The van der Waals surface area contributed by atoms with Gasteiger partial charge in [0.15, 0.2) is 17.5 Å². The lowest BCUT2D eigenvalue weighted by molar-refractivity contribution is 1.07. The first-order chi connectivity index (χ1) is 23.3. The first kappa shape index (κ1) is 27.3. The van der Waals surface area contributed by atoms with Crippen LogP contribution in [0.1, 0.15) is 0 Å². The molecule has 0 unspecified atom stereocenters. The molecule has 0 aliphatic carbocycles. The van der Waals surface area contributed by atoms with Crippen LogP contribution in [-0.4, -0.2) is 19.9 Å². The molecule has 9 rings (SSSR count). The number of nitrogens with zero attached hydrogens (tertiary/aromatic N) is 4. The molecular weight excluding hydrogens is 593 g/mol. The highest BCUT2D eigenvalue weighted by Gasteiger charge is 2.18. The molecule has 0 bridgehead atoms. The Morgan fingerprint density at radius 3 is 1.60 bits per heavy atom. The summed E-state index contributed by atoms with van der Waals surface area (Å²) < 4.78 is 2.49. The van der Waals surface area contributed by atoms with Gasteiger partial charge in [-0.2, -0.15) is 0 Å². The van der Waals surface area contributed by atoms with E-state index >= 15 is 0 Å². The number of aromatic nitrogens is 4. The number of hydrogen-bond donors (Lipinski definition) is 0. The Balaban J connectivity index is 1.26. The minimum Gasteiger partial charge on any atom is -0.247 e. The van der Waals surface area contributed by atoms with Crippen LogP contribution in [0.5, 0.6) is 0 Å². The van der Waals surface area contributed by atoms with Gasteiger partial charge in [0.05, 0.1) is 11.2 Å². The first-order valence-corrected chi connectivity index (χ1v) is 16.4. The van der Waals surface area contributed by atoms with Gasteiger partial charge in [0.1, 0.15) is 0 Å². The van der Waals surface area contributed by atoms with E-state index in [0.29, 0.717) is 17.5 Å². The van der Waals surface area contributed by atoms with Crippen molar-refractivity contribution in [1.29, 1.82) is 0 Å². The van der Waals surface area contributed by atoms with E-state index in [-0.39, 0.29) is 0 Å². The van der Waals surface area contributed by atoms with Crippen molar-refractivity contribution < 1.29 is 0 Å². The number of fused-ring (bicyclic) bond motifs is 5. The van der Waals surface area contributed by atoms with Gasteiger partial charge in [-0.3, -0.25) is 0 Å². The fourth-order valence-corrected chi connectivity index (χ4v) is 7.46. The molecule has 0 aliphatic rings. The van der Waals surface area contributed by atoms with E-state index in [4.69, 9.17) is 19.9 Å². The molecule has 0 amide bonds. The largest absolute Gasteiger partial charge is 0.247 e. The summed E-state index contributed by atoms with van der Waals surface area (Å²) in [4.78, 5) is 20.3. The van der Waals surface area contributed by atoms with Gasteiger partial charge < -0.3 is 0 Å². The summed E-state index contributed by atoms with van der Waals surface area (Å²) in [6, 6.07) is 54.4. The van der Waals surface area contributed by atoms with Crippen LogP contribution in [0.4, 0.5) is 0 Å². The molecule has 0 fully saturated rings. The van der Waals surface area contributed by atoms with Gasteiger partial charge in [-0.05, 0) is 29.3 Å². The lowest BCUT2D eigenvalue weighted by Gasteiger charge is -2.11. The Morgan fingerprint density at radius 1 is 0.362 bits per heavy atom. The van der Waals surface area contributed by atoms with Crippen LogP contribution in [0.2, 0.25) is 0 Å². The van der Waals surface area contributed by atoms with Crippen LogP contribution in [-0.2, 0) is 0 Å². The highest BCUT2D eigenvalue weighted by molar-refractivity contribution is 7.26. The van der Waals surface area contributed by atoms with E-state index in [1.165, 1.54) is 31.1 Å². The molecule has 6 aromatic carbocycles. The van der Waals surface area contributed by atoms with Crippen molar-refractivity contribution in [1.82, 2.24) is 19.9 Å². The van der Waals surface area contributed by atoms with Crippen molar-refractivity contribution in [3.05, 3.63) is 158 Å². The molecule has 0 saturated carbocycles. The fourth-order valence-electron chi connectivity index (χ4n) is 6.23. The van der Waals surface area contributed by atoms with Gasteiger partial charge in [0, 0.05) is 47.8 Å². The smallest absolute Gasteiger partial charge is 0.164 e. The molecule has 4 nitrogen and oxygen atoms in total. The standard InChI is InChI=1S/C42H26N4S/c1-4-13-27(14-5-1)30-23-24-33-35(26-30)43-38(37-34-21-10-11-22-36(34)47-39(33)37)31-19-12-20-32(25-31)42-45-40(28-15-6-2-7-16-28)44-41(46-42)29-17-8-3-9-18-29/h1-26H. The van der Waals surface area contributed by atoms with Gasteiger partial charge >= 0.3 is 0 Å². The summed E-state index contributed by atoms with van der Waals surface area (Å²) in [5, 5.41) is 3.55. The zero-order valence-electron chi connectivity index (χ0n) is 25.2. The molecule has 47 heavy (non-hydrogen) atoms. The molecule has 220 valence electrons. The van der Waals surface area contributed by atoms with Crippen LogP contribution < -0.4 is 0 Å². The second kappa shape index (κ2) is 11.4. The second-order valence-corrected chi connectivity index (χ2v) is 12.5. The summed E-state index contributed by atoms with van der Waals surface area (Å²) in [6.07, 6.45) is 0. The number of pyridine rings is 1. The highest BCUT2D eigenvalue weighted by atomic mass is 32.1. The summed E-state index contributed by atoms with van der Waals surface area (Å²) in [5.41, 5.74) is 8.08. The summed E-state index contributed by atoms with van der Waals surface area (Å²) >= 11 is 1.83. The van der Waals surface area contributed by atoms with Crippen LogP contribution in [0, 0.1) is 0 Å². The molecule has 0 saturated heterocycles. The van der Waals surface area contributed by atoms with E-state index < -0.39 is 0 Å². The average Bonchev–Trinajstić information content (AvgIpc) is 3.55. The van der Waals surface area contributed by atoms with Gasteiger partial charge in [0.2, 0.25) is 0 Å². The Labute approximate surface area is 275 Å². The normalized spacial score (nSPS) is 11.4. The third-order valence-corrected chi connectivity index (χ3v) is 9.71. The van der Waals surface area contributed by atoms with Crippen molar-refractivity contribution in [3.8, 4) is 56.5 Å². The van der Waals surface area contributed by atoms with E-state index in [1.807, 2.05) is 78.1 Å². The van der Waals surface area contributed by atoms with E-state index in [9.17, 15) is 0 Å². The molecule has 0 spiro atoms. The van der Waals surface area contributed by atoms with Crippen LogP contribution in [0.25, 0.3) is 87.6 Å². The Kier molecular flexibility index (Phi) is 6.61. The third-order valence-electron chi connectivity index (χ3n) is 8.51. The molecule has 5 heteroatoms. The third kappa shape index (κ3) is 4.94. The molecule has 0 aliphatic heterocycles. The molecule has 0 N–H and O–H groups in total. The maximum atomic E-state index is 5.40. The highest BCUT2D eigenvalue weighted by Crippen LogP contribution is 2.43. The number of thiophene rings is 1. The predicted molar refractivity (Wildman–Crippen MR) is 195 cm³/mol. The number of rotatable bonds is 5. The summed E-state index contributed by atoms with van der Waals surface area (Å²) in [6.45, 7) is 0. The zero-order valence-corrected chi connectivity index (χ0v) is 26.0. The maximum Gasteiger partial charge on any atom is 0.164 e. The summed E-state index contributed by atoms with van der Waals surface area (Å²) in [5.74, 6) is 1.91. The molecular formula is C42H26N4S. The van der Waals surface area contributed by atoms with Crippen molar-refractivity contribution in [2.24, 2.45) is 0 Å². The maximum absolute atomic E-state index is 5.40. The monoisotopic (exact) mass is 618 g/mol. The summed E-state index contributed by atoms with van der Waals surface area (Å²) in [7, 11) is 0. The van der Waals surface area contributed by atoms with E-state index in [1.54, 1.807) is 0 Å².